The third-order valence-electron chi connectivity index (χ3n) is 4.78. The number of para-hydroxylation sites is 1. The lowest BCUT2D eigenvalue weighted by molar-refractivity contribution is -0.137. The first kappa shape index (κ1) is 20.9. The van der Waals surface area contributed by atoms with Gasteiger partial charge in [0.15, 0.2) is 6.61 Å². The fraction of sp³-hybridized carbons (Fsp3) is 0.273. The molecule has 1 aliphatic rings. The molecule has 1 amide bonds. The molecule has 3 aromatic rings. The normalized spacial score (nSPS) is 13.6. The summed E-state index contributed by atoms with van der Waals surface area (Å²) in [7, 11) is 1.64. The zero-order valence-corrected chi connectivity index (χ0v) is 17.0. The van der Waals surface area contributed by atoms with Crippen LogP contribution in [0.3, 0.4) is 0 Å². The van der Waals surface area contributed by atoms with E-state index >= 15 is 0 Å². The summed E-state index contributed by atoms with van der Waals surface area (Å²) in [5.74, 6) is 1.41. The zero-order valence-electron chi connectivity index (χ0n) is 16.2. The number of amides is 1. The number of pyridine rings is 1. The number of carbonyl (C=O) groups excluding carboxylic acids is 1. The molecule has 7 heteroatoms. The van der Waals surface area contributed by atoms with Crippen LogP contribution in [0.2, 0.25) is 0 Å². The number of ether oxygens (including phenoxy) is 3. The van der Waals surface area contributed by atoms with E-state index in [1.807, 2.05) is 54.6 Å². The van der Waals surface area contributed by atoms with Gasteiger partial charge in [0, 0.05) is 30.1 Å². The predicted octanol–water partition coefficient (Wildman–Crippen LogP) is 3.57. The van der Waals surface area contributed by atoms with Crippen molar-refractivity contribution >= 4 is 29.2 Å². The maximum atomic E-state index is 12.4. The standard InChI is InChI=1S/C22H22N2O4.ClH/c1-26-17-8-6-16(7-9-17)20-14-21(18-4-2-3-5-19(18)23-20)28-15-22(25)24-10-12-27-13-11-24;/h2-9,14H,10-13,15H2,1H3;1H. The Bertz CT molecular complexity index is 972. The number of morpholine rings is 1. The van der Waals surface area contributed by atoms with E-state index in [0.29, 0.717) is 32.1 Å². The van der Waals surface area contributed by atoms with Crippen LogP contribution in [0.1, 0.15) is 0 Å². The van der Waals surface area contributed by atoms with Gasteiger partial charge < -0.3 is 19.1 Å². The van der Waals surface area contributed by atoms with Crippen molar-refractivity contribution in [2.75, 3.05) is 40.0 Å². The minimum Gasteiger partial charge on any atom is -0.497 e. The van der Waals surface area contributed by atoms with E-state index < -0.39 is 0 Å². The van der Waals surface area contributed by atoms with Crippen LogP contribution in [0.4, 0.5) is 0 Å². The van der Waals surface area contributed by atoms with Gasteiger partial charge in [0.25, 0.3) is 5.91 Å². The third kappa shape index (κ3) is 4.78. The summed E-state index contributed by atoms with van der Waals surface area (Å²) in [4.78, 5) is 19.0. The Balaban J connectivity index is 0.00000240. The second-order valence-corrected chi connectivity index (χ2v) is 6.53. The monoisotopic (exact) mass is 414 g/mol. The van der Waals surface area contributed by atoms with E-state index in [1.54, 1.807) is 12.0 Å². The Morgan fingerprint density at radius 2 is 1.83 bits per heavy atom. The molecule has 0 N–H and O–H groups in total. The summed E-state index contributed by atoms with van der Waals surface area (Å²) in [5, 5.41) is 0.884. The first-order chi connectivity index (χ1) is 13.7. The lowest BCUT2D eigenvalue weighted by atomic mass is 10.1. The Morgan fingerprint density at radius 1 is 1.10 bits per heavy atom. The highest BCUT2D eigenvalue weighted by atomic mass is 35.5. The summed E-state index contributed by atoms with van der Waals surface area (Å²) < 4.78 is 16.5. The highest BCUT2D eigenvalue weighted by Gasteiger charge is 2.18. The highest BCUT2D eigenvalue weighted by molar-refractivity contribution is 5.88. The van der Waals surface area contributed by atoms with Crippen LogP contribution >= 0.6 is 12.4 Å². The predicted molar refractivity (Wildman–Crippen MR) is 114 cm³/mol. The topological polar surface area (TPSA) is 60.9 Å². The number of hydrogen-bond acceptors (Lipinski definition) is 5. The van der Waals surface area contributed by atoms with Crippen LogP contribution in [0.15, 0.2) is 54.6 Å². The largest absolute Gasteiger partial charge is 0.497 e. The van der Waals surface area contributed by atoms with Gasteiger partial charge in [-0.2, -0.15) is 0 Å². The van der Waals surface area contributed by atoms with Crippen LogP contribution in [0.5, 0.6) is 11.5 Å². The molecular formula is C22H23ClN2O4. The number of hydrogen-bond donors (Lipinski definition) is 0. The number of halogens is 1. The fourth-order valence-electron chi connectivity index (χ4n) is 3.22. The average Bonchev–Trinajstić information content (AvgIpc) is 2.77. The summed E-state index contributed by atoms with van der Waals surface area (Å²) in [6.07, 6.45) is 0. The number of fused-ring (bicyclic) bond motifs is 1. The van der Waals surface area contributed by atoms with Crippen molar-refractivity contribution < 1.29 is 19.0 Å². The highest BCUT2D eigenvalue weighted by Crippen LogP contribution is 2.30. The van der Waals surface area contributed by atoms with Gasteiger partial charge in [-0.25, -0.2) is 4.98 Å². The van der Waals surface area contributed by atoms with Gasteiger partial charge >= 0.3 is 0 Å². The summed E-state index contributed by atoms with van der Waals surface area (Å²) in [6.45, 7) is 2.36. The van der Waals surface area contributed by atoms with E-state index in [2.05, 4.69) is 0 Å². The number of rotatable bonds is 5. The van der Waals surface area contributed by atoms with E-state index in [4.69, 9.17) is 19.2 Å². The molecule has 0 unspecified atom stereocenters. The molecule has 4 rings (SSSR count). The molecule has 1 saturated heterocycles. The van der Waals surface area contributed by atoms with Crippen molar-refractivity contribution in [1.82, 2.24) is 9.88 Å². The van der Waals surface area contributed by atoms with Gasteiger partial charge in [-0.1, -0.05) is 12.1 Å². The van der Waals surface area contributed by atoms with Crippen LogP contribution in [0.25, 0.3) is 22.2 Å². The SMILES string of the molecule is COc1ccc(-c2cc(OCC(=O)N3CCOCC3)c3ccccc3n2)cc1.Cl. The molecule has 152 valence electrons. The minimum absolute atomic E-state index is 0. The third-order valence-corrected chi connectivity index (χ3v) is 4.78. The second-order valence-electron chi connectivity index (χ2n) is 6.53. The summed E-state index contributed by atoms with van der Waals surface area (Å²) >= 11 is 0. The molecule has 1 fully saturated rings. The zero-order chi connectivity index (χ0) is 19.3. The smallest absolute Gasteiger partial charge is 0.260 e. The van der Waals surface area contributed by atoms with Crippen LogP contribution < -0.4 is 9.47 Å². The molecule has 6 nitrogen and oxygen atoms in total. The van der Waals surface area contributed by atoms with E-state index in [9.17, 15) is 4.79 Å². The molecule has 2 aromatic carbocycles. The van der Waals surface area contributed by atoms with Crippen molar-refractivity contribution in [2.45, 2.75) is 0 Å². The van der Waals surface area contributed by atoms with Crippen LogP contribution in [-0.4, -0.2) is 55.8 Å². The number of nitrogens with zero attached hydrogens (tertiary/aromatic N) is 2. The van der Waals surface area contributed by atoms with Gasteiger partial charge in [-0.15, -0.1) is 12.4 Å². The van der Waals surface area contributed by atoms with Crippen LogP contribution in [-0.2, 0) is 9.53 Å². The Hall–Kier alpha value is -2.83. The number of benzene rings is 2. The number of aromatic nitrogens is 1. The van der Waals surface area contributed by atoms with E-state index in [1.165, 1.54) is 0 Å². The molecule has 29 heavy (non-hydrogen) atoms. The molecule has 2 heterocycles. The van der Waals surface area contributed by atoms with Crippen molar-refractivity contribution in [2.24, 2.45) is 0 Å². The van der Waals surface area contributed by atoms with Gasteiger partial charge in [-0.05, 0) is 36.4 Å². The maximum Gasteiger partial charge on any atom is 0.260 e. The molecule has 0 bridgehead atoms. The Labute approximate surface area is 175 Å². The van der Waals surface area contributed by atoms with Crippen molar-refractivity contribution in [3.63, 3.8) is 0 Å². The first-order valence-corrected chi connectivity index (χ1v) is 9.27. The number of carbonyl (C=O) groups is 1. The molecule has 0 saturated carbocycles. The van der Waals surface area contributed by atoms with Crippen molar-refractivity contribution in [3.8, 4) is 22.8 Å². The summed E-state index contributed by atoms with van der Waals surface area (Å²) in [5.41, 5.74) is 2.57. The van der Waals surface area contributed by atoms with Crippen molar-refractivity contribution in [3.05, 3.63) is 54.6 Å². The molecule has 1 aromatic heterocycles. The molecule has 0 spiro atoms. The van der Waals surface area contributed by atoms with Gasteiger partial charge in [0.05, 0.1) is 31.5 Å². The Morgan fingerprint density at radius 3 is 2.55 bits per heavy atom. The lowest BCUT2D eigenvalue weighted by Crippen LogP contribution is -2.43. The molecule has 1 aliphatic heterocycles. The first-order valence-electron chi connectivity index (χ1n) is 9.27. The van der Waals surface area contributed by atoms with E-state index in [0.717, 1.165) is 27.9 Å². The van der Waals surface area contributed by atoms with Gasteiger partial charge in [0.1, 0.15) is 11.5 Å². The second kappa shape index (κ2) is 9.58. The fourth-order valence-corrected chi connectivity index (χ4v) is 3.22. The minimum atomic E-state index is -0.0322. The molecule has 0 radical (unpaired) electrons. The molecule has 0 aliphatic carbocycles. The number of methoxy groups -OCH3 is 1. The quantitative estimate of drug-likeness (QED) is 0.638. The lowest BCUT2D eigenvalue weighted by Gasteiger charge is -2.26. The van der Waals surface area contributed by atoms with Crippen LogP contribution in [0, 0.1) is 0 Å². The van der Waals surface area contributed by atoms with Gasteiger partial charge in [0.2, 0.25) is 0 Å². The summed E-state index contributed by atoms with van der Waals surface area (Å²) in [6, 6.07) is 17.4. The van der Waals surface area contributed by atoms with Crippen molar-refractivity contribution in [1.29, 1.82) is 0 Å². The van der Waals surface area contributed by atoms with E-state index in [-0.39, 0.29) is 24.9 Å². The average molecular weight is 415 g/mol. The molecule has 0 atom stereocenters. The maximum absolute atomic E-state index is 12.4. The Kier molecular flexibility index (Phi) is 6.90. The molecular weight excluding hydrogens is 392 g/mol. The van der Waals surface area contributed by atoms with Gasteiger partial charge in [-0.3, -0.25) is 4.79 Å².